The van der Waals surface area contributed by atoms with E-state index in [1.54, 1.807) is 7.05 Å². The first-order chi connectivity index (χ1) is 6.63. The average molecular weight is 194 g/mol. The van der Waals surface area contributed by atoms with Gasteiger partial charge in [-0.3, -0.25) is 9.78 Å². The summed E-state index contributed by atoms with van der Waals surface area (Å²) in [6, 6.07) is 5.04. The van der Waals surface area contributed by atoms with Crippen molar-refractivity contribution in [3.63, 3.8) is 0 Å². The monoisotopic (exact) mass is 194 g/mol. The molecule has 0 aliphatic heterocycles. The van der Waals surface area contributed by atoms with Crippen molar-refractivity contribution in [2.24, 2.45) is 0 Å². The van der Waals surface area contributed by atoms with Gasteiger partial charge in [0.1, 0.15) is 6.04 Å². The maximum Gasteiger partial charge on any atom is 0.321 e. The van der Waals surface area contributed by atoms with Crippen molar-refractivity contribution in [3.8, 4) is 0 Å². The molecule has 0 bridgehead atoms. The number of aliphatic carboxylic acids is 1. The highest BCUT2D eigenvalue weighted by Gasteiger charge is 2.15. The van der Waals surface area contributed by atoms with Crippen LogP contribution in [-0.2, 0) is 11.2 Å². The molecule has 1 aromatic heterocycles. The van der Waals surface area contributed by atoms with E-state index in [9.17, 15) is 4.79 Å². The van der Waals surface area contributed by atoms with Gasteiger partial charge < -0.3 is 10.4 Å². The van der Waals surface area contributed by atoms with Crippen LogP contribution in [0.25, 0.3) is 0 Å². The number of carboxylic acids is 1. The molecule has 76 valence electrons. The van der Waals surface area contributed by atoms with E-state index in [0.717, 1.165) is 11.4 Å². The Bertz CT molecular complexity index is 326. The molecule has 0 aromatic carbocycles. The lowest BCUT2D eigenvalue weighted by Crippen LogP contribution is -2.36. The Hall–Kier alpha value is -1.42. The van der Waals surface area contributed by atoms with E-state index in [1.807, 2.05) is 25.1 Å². The summed E-state index contributed by atoms with van der Waals surface area (Å²) in [5.74, 6) is -0.851. The summed E-state index contributed by atoms with van der Waals surface area (Å²) in [7, 11) is 1.63. The molecule has 0 amide bonds. The highest BCUT2D eigenvalue weighted by Crippen LogP contribution is 2.02. The van der Waals surface area contributed by atoms with Crippen molar-refractivity contribution >= 4 is 5.97 Å². The molecule has 0 aliphatic carbocycles. The molecule has 14 heavy (non-hydrogen) atoms. The predicted molar refractivity (Wildman–Crippen MR) is 53.2 cm³/mol. The summed E-state index contributed by atoms with van der Waals surface area (Å²) >= 11 is 0. The summed E-state index contributed by atoms with van der Waals surface area (Å²) in [6.07, 6.45) is 0.410. The molecule has 0 spiro atoms. The minimum atomic E-state index is -0.851. The van der Waals surface area contributed by atoms with Gasteiger partial charge in [-0.05, 0) is 26.1 Å². The molecule has 0 aliphatic rings. The zero-order valence-corrected chi connectivity index (χ0v) is 8.32. The fourth-order valence-corrected chi connectivity index (χ4v) is 1.24. The van der Waals surface area contributed by atoms with Crippen LogP contribution in [0.5, 0.6) is 0 Å². The van der Waals surface area contributed by atoms with E-state index >= 15 is 0 Å². The normalized spacial score (nSPS) is 12.4. The van der Waals surface area contributed by atoms with Gasteiger partial charge >= 0.3 is 5.97 Å². The molecular weight excluding hydrogens is 180 g/mol. The molecule has 0 fully saturated rings. The Morgan fingerprint density at radius 1 is 1.64 bits per heavy atom. The summed E-state index contributed by atoms with van der Waals surface area (Å²) in [6.45, 7) is 1.89. The summed E-state index contributed by atoms with van der Waals surface area (Å²) in [4.78, 5) is 15.0. The van der Waals surface area contributed by atoms with E-state index in [-0.39, 0.29) is 0 Å². The lowest BCUT2D eigenvalue weighted by Gasteiger charge is -2.10. The van der Waals surface area contributed by atoms with Gasteiger partial charge in [-0.15, -0.1) is 0 Å². The average Bonchev–Trinajstić information content (AvgIpc) is 2.14. The second-order valence-corrected chi connectivity index (χ2v) is 3.15. The molecule has 1 atom stereocenters. The van der Waals surface area contributed by atoms with Crippen LogP contribution >= 0.6 is 0 Å². The van der Waals surface area contributed by atoms with Gasteiger partial charge in [0.25, 0.3) is 0 Å². The van der Waals surface area contributed by atoms with E-state index in [1.165, 1.54) is 0 Å². The maximum absolute atomic E-state index is 10.7. The molecule has 2 N–H and O–H groups in total. The Labute approximate surface area is 83.0 Å². The maximum atomic E-state index is 10.7. The van der Waals surface area contributed by atoms with Crippen molar-refractivity contribution in [1.82, 2.24) is 10.3 Å². The third kappa shape index (κ3) is 2.81. The highest BCUT2D eigenvalue weighted by molar-refractivity contribution is 5.73. The van der Waals surface area contributed by atoms with E-state index in [4.69, 9.17) is 5.11 Å². The smallest absolute Gasteiger partial charge is 0.321 e. The van der Waals surface area contributed by atoms with Crippen LogP contribution in [0.1, 0.15) is 11.4 Å². The number of nitrogens with zero attached hydrogens (tertiary/aromatic N) is 1. The number of carboxylic acid groups (broad SMARTS) is 1. The van der Waals surface area contributed by atoms with Crippen LogP contribution < -0.4 is 5.32 Å². The zero-order chi connectivity index (χ0) is 10.6. The fraction of sp³-hybridized carbons (Fsp3) is 0.400. The van der Waals surface area contributed by atoms with Gasteiger partial charge in [0, 0.05) is 17.8 Å². The SMILES string of the molecule is CNC(Cc1cccc(C)n1)C(=O)O. The quantitative estimate of drug-likeness (QED) is 0.737. The van der Waals surface area contributed by atoms with Gasteiger partial charge in [0.15, 0.2) is 0 Å². The molecule has 4 heteroatoms. The van der Waals surface area contributed by atoms with Crippen LogP contribution in [0.3, 0.4) is 0 Å². The highest BCUT2D eigenvalue weighted by atomic mass is 16.4. The van der Waals surface area contributed by atoms with Gasteiger partial charge in [0.2, 0.25) is 0 Å². The standard InChI is InChI=1S/C10H14N2O2/c1-7-4-3-5-8(12-7)6-9(11-2)10(13)14/h3-5,9,11H,6H2,1-2H3,(H,13,14). The number of aromatic nitrogens is 1. The minimum Gasteiger partial charge on any atom is -0.480 e. The number of nitrogens with one attached hydrogen (secondary N) is 1. The minimum absolute atomic E-state index is 0.410. The number of likely N-dealkylation sites (N-methyl/N-ethyl adjacent to an activating group) is 1. The molecule has 1 aromatic rings. The van der Waals surface area contributed by atoms with Crippen molar-refractivity contribution in [3.05, 3.63) is 29.6 Å². The summed E-state index contributed by atoms with van der Waals surface area (Å²) in [5, 5.41) is 11.5. The molecule has 0 saturated heterocycles. The number of hydrogen-bond acceptors (Lipinski definition) is 3. The third-order valence-electron chi connectivity index (χ3n) is 2.01. The second kappa shape index (κ2) is 4.72. The number of hydrogen-bond donors (Lipinski definition) is 2. The van der Waals surface area contributed by atoms with Gasteiger partial charge in [-0.1, -0.05) is 6.07 Å². The van der Waals surface area contributed by atoms with Crippen molar-refractivity contribution in [2.45, 2.75) is 19.4 Å². The van der Waals surface area contributed by atoms with Crippen molar-refractivity contribution < 1.29 is 9.90 Å². The zero-order valence-electron chi connectivity index (χ0n) is 8.32. The van der Waals surface area contributed by atoms with Crippen molar-refractivity contribution in [2.75, 3.05) is 7.05 Å². The van der Waals surface area contributed by atoms with E-state index in [0.29, 0.717) is 6.42 Å². The van der Waals surface area contributed by atoms with Crippen LogP contribution in [0, 0.1) is 6.92 Å². The second-order valence-electron chi connectivity index (χ2n) is 3.15. The fourth-order valence-electron chi connectivity index (χ4n) is 1.24. The number of aryl methyl sites for hydroxylation is 1. The number of pyridine rings is 1. The van der Waals surface area contributed by atoms with Crippen LogP contribution in [0.15, 0.2) is 18.2 Å². The first-order valence-corrected chi connectivity index (χ1v) is 4.46. The topological polar surface area (TPSA) is 62.2 Å². The lowest BCUT2D eigenvalue weighted by molar-refractivity contribution is -0.139. The Morgan fingerprint density at radius 2 is 2.36 bits per heavy atom. The molecular formula is C10H14N2O2. The summed E-state index contributed by atoms with van der Waals surface area (Å²) in [5.41, 5.74) is 1.70. The van der Waals surface area contributed by atoms with E-state index < -0.39 is 12.0 Å². The largest absolute Gasteiger partial charge is 0.480 e. The summed E-state index contributed by atoms with van der Waals surface area (Å²) < 4.78 is 0. The molecule has 0 radical (unpaired) electrons. The van der Waals surface area contributed by atoms with Crippen LogP contribution in [0.2, 0.25) is 0 Å². The number of carbonyl (C=O) groups is 1. The molecule has 1 unspecified atom stereocenters. The molecule has 1 heterocycles. The van der Waals surface area contributed by atoms with Crippen molar-refractivity contribution in [1.29, 1.82) is 0 Å². The Balaban J connectivity index is 2.72. The van der Waals surface area contributed by atoms with E-state index in [2.05, 4.69) is 10.3 Å². The first-order valence-electron chi connectivity index (χ1n) is 4.46. The molecule has 0 saturated carbocycles. The van der Waals surface area contributed by atoms with Gasteiger partial charge in [-0.25, -0.2) is 0 Å². The molecule has 4 nitrogen and oxygen atoms in total. The Kier molecular flexibility index (Phi) is 3.59. The lowest BCUT2D eigenvalue weighted by atomic mass is 10.1. The first kappa shape index (κ1) is 10.7. The van der Waals surface area contributed by atoms with Crippen LogP contribution in [-0.4, -0.2) is 29.1 Å². The molecule has 1 rings (SSSR count). The Morgan fingerprint density at radius 3 is 2.86 bits per heavy atom. The van der Waals surface area contributed by atoms with Gasteiger partial charge in [0.05, 0.1) is 0 Å². The predicted octanol–water partition coefficient (Wildman–Crippen LogP) is 0.605. The third-order valence-corrected chi connectivity index (χ3v) is 2.01. The van der Waals surface area contributed by atoms with Gasteiger partial charge in [-0.2, -0.15) is 0 Å². The van der Waals surface area contributed by atoms with Crippen LogP contribution in [0.4, 0.5) is 0 Å². The number of rotatable bonds is 4.